The highest BCUT2D eigenvalue weighted by atomic mass is 32.2. The summed E-state index contributed by atoms with van der Waals surface area (Å²) >= 11 is 0. The number of aliphatic carboxylic acids is 1. The molecule has 6 heteroatoms. The van der Waals surface area contributed by atoms with Crippen molar-refractivity contribution in [3.63, 3.8) is 0 Å². The first-order valence-electron chi connectivity index (χ1n) is 4.95. The smallest absolute Gasteiger partial charge is 0.304 e. The minimum absolute atomic E-state index is 0.151. The Morgan fingerprint density at radius 1 is 1.50 bits per heavy atom. The largest absolute Gasteiger partial charge is 0.481 e. The van der Waals surface area contributed by atoms with E-state index in [1.165, 1.54) is 6.92 Å². The van der Waals surface area contributed by atoms with Gasteiger partial charge in [0.05, 0.1) is 28.9 Å². The molecule has 0 aromatic rings. The molecule has 0 aliphatic carbocycles. The number of nitriles is 1. The SMILES string of the molecule is CC(CC(=O)O)S(=O)(=O)CCC(C)(C)C#N. The van der Waals surface area contributed by atoms with Crippen LogP contribution in [0.2, 0.25) is 0 Å². The van der Waals surface area contributed by atoms with Crippen molar-refractivity contribution in [1.82, 2.24) is 0 Å². The van der Waals surface area contributed by atoms with Gasteiger partial charge in [-0.3, -0.25) is 4.79 Å². The molecule has 0 radical (unpaired) electrons. The Kier molecular flexibility index (Phi) is 4.94. The summed E-state index contributed by atoms with van der Waals surface area (Å²) in [6, 6.07) is 2.01. The lowest BCUT2D eigenvalue weighted by Crippen LogP contribution is -2.26. The van der Waals surface area contributed by atoms with Crippen molar-refractivity contribution in [2.24, 2.45) is 5.41 Å². The van der Waals surface area contributed by atoms with Crippen molar-refractivity contribution in [2.45, 2.75) is 38.9 Å². The van der Waals surface area contributed by atoms with E-state index in [4.69, 9.17) is 10.4 Å². The number of sulfone groups is 1. The fourth-order valence-electron chi connectivity index (χ4n) is 1.03. The van der Waals surface area contributed by atoms with Crippen molar-refractivity contribution < 1.29 is 18.3 Å². The highest BCUT2D eigenvalue weighted by Gasteiger charge is 2.27. The van der Waals surface area contributed by atoms with Crippen LogP contribution < -0.4 is 0 Å². The predicted octanol–water partition coefficient (Wildman–Crippen LogP) is 1.20. The Morgan fingerprint density at radius 3 is 2.38 bits per heavy atom. The molecule has 0 saturated heterocycles. The summed E-state index contributed by atoms with van der Waals surface area (Å²) in [5, 5.41) is 16.3. The molecular formula is C10H17NO4S. The van der Waals surface area contributed by atoms with Crippen molar-refractivity contribution in [3.8, 4) is 6.07 Å². The minimum atomic E-state index is -3.43. The molecule has 16 heavy (non-hydrogen) atoms. The fraction of sp³-hybridized carbons (Fsp3) is 0.800. The van der Waals surface area contributed by atoms with Gasteiger partial charge in [0.25, 0.3) is 0 Å². The number of carboxylic acids is 1. The molecule has 0 amide bonds. The van der Waals surface area contributed by atoms with Gasteiger partial charge in [0.2, 0.25) is 0 Å². The zero-order valence-electron chi connectivity index (χ0n) is 9.73. The van der Waals surface area contributed by atoms with Gasteiger partial charge in [0.1, 0.15) is 0 Å². The lowest BCUT2D eigenvalue weighted by molar-refractivity contribution is -0.136. The number of nitrogens with zero attached hydrogens (tertiary/aromatic N) is 1. The van der Waals surface area contributed by atoms with Gasteiger partial charge >= 0.3 is 5.97 Å². The average Bonchev–Trinajstić information content (AvgIpc) is 2.14. The van der Waals surface area contributed by atoms with Gasteiger partial charge < -0.3 is 5.11 Å². The predicted molar refractivity (Wildman–Crippen MR) is 59.5 cm³/mol. The first kappa shape index (κ1) is 14.9. The number of rotatable bonds is 6. The summed E-state index contributed by atoms with van der Waals surface area (Å²) in [4.78, 5) is 10.4. The Bertz CT molecular complexity index is 392. The van der Waals surface area contributed by atoms with Crippen LogP contribution >= 0.6 is 0 Å². The van der Waals surface area contributed by atoms with Crippen LogP contribution in [0, 0.1) is 16.7 Å². The lowest BCUT2D eigenvalue weighted by atomic mass is 9.93. The Labute approximate surface area is 96.0 Å². The van der Waals surface area contributed by atoms with Gasteiger partial charge in [0.15, 0.2) is 9.84 Å². The molecule has 0 aliphatic heterocycles. The van der Waals surface area contributed by atoms with Crippen LogP contribution in [0.25, 0.3) is 0 Å². The zero-order valence-corrected chi connectivity index (χ0v) is 10.5. The van der Waals surface area contributed by atoms with Crippen LogP contribution in [0.3, 0.4) is 0 Å². The highest BCUT2D eigenvalue weighted by Crippen LogP contribution is 2.21. The Hall–Kier alpha value is -1.09. The molecule has 5 nitrogen and oxygen atoms in total. The van der Waals surface area contributed by atoms with Crippen molar-refractivity contribution >= 4 is 15.8 Å². The number of hydrogen-bond acceptors (Lipinski definition) is 4. The molecule has 0 rings (SSSR count). The summed E-state index contributed by atoms with van der Waals surface area (Å²) in [7, 11) is -3.43. The van der Waals surface area contributed by atoms with Gasteiger partial charge in [-0.2, -0.15) is 5.26 Å². The summed E-state index contributed by atoms with van der Waals surface area (Å²) in [6.45, 7) is 4.69. The fourth-order valence-corrected chi connectivity index (χ4v) is 2.62. The first-order chi connectivity index (χ1) is 7.10. The molecule has 0 aliphatic rings. The quantitative estimate of drug-likeness (QED) is 0.761. The van der Waals surface area contributed by atoms with Gasteiger partial charge in [-0.1, -0.05) is 0 Å². The van der Waals surface area contributed by atoms with Crippen LogP contribution in [-0.2, 0) is 14.6 Å². The number of hydrogen-bond donors (Lipinski definition) is 1. The third-order valence-corrected chi connectivity index (χ3v) is 4.56. The second kappa shape index (κ2) is 5.30. The molecule has 0 fully saturated rings. The minimum Gasteiger partial charge on any atom is -0.481 e. The maximum Gasteiger partial charge on any atom is 0.304 e. The van der Waals surface area contributed by atoms with E-state index in [-0.39, 0.29) is 12.2 Å². The molecule has 0 bridgehead atoms. The van der Waals surface area contributed by atoms with Gasteiger partial charge in [0, 0.05) is 0 Å². The van der Waals surface area contributed by atoms with E-state index in [0.29, 0.717) is 0 Å². The van der Waals surface area contributed by atoms with Crippen LogP contribution in [0.5, 0.6) is 0 Å². The summed E-state index contributed by atoms with van der Waals surface area (Å²) in [6.07, 6.45) is -0.175. The lowest BCUT2D eigenvalue weighted by Gasteiger charge is -2.16. The molecule has 1 N–H and O–H groups in total. The van der Waals surface area contributed by atoms with Crippen LogP contribution in [-0.4, -0.2) is 30.5 Å². The maximum absolute atomic E-state index is 11.7. The average molecular weight is 247 g/mol. The van der Waals surface area contributed by atoms with E-state index in [1.807, 2.05) is 6.07 Å². The van der Waals surface area contributed by atoms with E-state index in [2.05, 4.69) is 0 Å². The number of carboxylic acid groups (broad SMARTS) is 1. The Morgan fingerprint density at radius 2 is 2.00 bits per heavy atom. The van der Waals surface area contributed by atoms with Gasteiger partial charge in [-0.25, -0.2) is 8.42 Å². The first-order valence-corrected chi connectivity index (χ1v) is 6.67. The summed E-state index contributed by atoms with van der Waals surface area (Å²) in [5.41, 5.74) is -0.698. The third-order valence-electron chi connectivity index (χ3n) is 2.39. The molecule has 1 unspecified atom stereocenters. The molecule has 0 spiro atoms. The normalized spacial score (nSPS) is 14.1. The van der Waals surface area contributed by atoms with Crippen LogP contribution in [0.15, 0.2) is 0 Å². The molecule has 0 saturated carbocycles. The van der Waals surface area contributed by atoms with E-state index in [1.54, 1.807) is 13.8 Å². The van der Waals surface area contributed by atoms with Gasteiger partial charge in [-0.15, -0.1) is 0 Å². The summed E-state index contributed by atoms with van der Waals surface area (Å²) < 4.78 is 23.3. The second-order valence-electron chi connectivity index (χ2n) is 4.52. The molecule has 0 aromatic carbocycles. The standard InChI is InChI=1S/C10H17NO4S/c1-8(6-9(12)13)16(14,15)5-4-10(2,3)7-11/h8H,4-6H2,1-3H3,(H,12,13). The third kappa shape index (κ3) is 5.12. The molecule has 0 aromatic heterocycles. The van der Waals surface area contributed by atoms with Crippen molar-refractivity contribution in [1.29, 1.82) is 5.26 Å². The van der Waals surface area contributed by atoms with Crippen molar-refractivity contribution in [2.75, 3.05) is 5.75 Å². The van der Waals surface area contributed by atoms with Crippen LogP contribution in [0.4, 0.5) is 0 Å². The molecule has 1 atom stereocenters. The molecule has 92 valence electrons. The zero-order chi connectivity index (χ0) is 13.0. The molecule has 0 heterocycles. The highest BCUT2D eigenvalue weighted by molar-refractivity contribution is 7.92. The topological polar surface area (TPSA) is 95.2 Å². The van der Waals surface area contributed by atoms with Gasteiger partial charge in [-0.05, 0) is 27.2 Å². The summed E-state index contributed by atoms with van der Waals surface area (Å²) in [5.74, 6) is -1.28. The Balaban J connectivity index is 4.49. The monoisotopic (exact) mass is 247 g/mol. The maximum atomic E-state index is 11.7. The van der Waals surface area contributed by atoms with Crippen molar-refractivity contribution in [3.05, 3.63) is 0 Å². The van der Waals surface area contributed by atoms with E-state index >= 15 is 0 Å². The van der Waals surface area contributed by atoms with E-state index in [9.17, 15) is 13.2 Å². The van der Waals surface area contributed by atoms with Crippen LogP contribution in [0.1, 0.15) is 33.6 Å². The number of carbonyl (C=O) groups is 1. The molecular weight excluding hydrogens is 230 g/mol. The second-order valence-corrected chi connectivity index (χ2v) is 7.06. The van der Waals surface area contributed by atoms with E-state index in [0.717, 1.165) is 0 Å². The van der Waals surface area contributed by atoms with E-state index < -0.39 is 32.9 Å².